The van der Waals surface area contributed by atoms with Gasteiger partial charge < -0.3 is 14.5 Å². The molecule has 118 valence electrons. The lowest BCUT2D eigenvalue weighted by Gasteiger charge is -2.45. The molecular formula is C15H23FN2O3. The maximum Gasteiger partial charge on any atom is 0.260 e. The topological polar surface area (TPSA) is 49.9 Å². The number of amides is 2. The third-order valence-electron chi connectivity index (χ3n) is 5.25. The van der Waals surface area contributed by atoms with Crippen LogP contribution in [0, 0.1) is 0 Å². The molecule has 0 aromatic heterocycles. The van der Waals surface area contributed by atoms with Gasteiger partial charge in [0.25, 0.3) is 5.91 Å². The molecule has 2 saturated heterocycles. The molecule has 0 atom stereocenters. The van der Waals surface area contributed by atoms with E-state index >= 15 is 0 Å². The molecule has 0 N–H and O–H groups in total. The fourth-order valence-corrected chi connectivity index (χ4v) is 3.67. The third-order valence-corrected chi connectivity index (χ3v) is 5.25. The Morgan fingerprint density at radius 2 is 1.90 bits per heavy atom. The second kappa shape index (κ2) is 5.23. The van der Waals surface area contributed by atoms with Crippen LogP contribution in [0.15, 0.2) is 0 Å². The molecule has 2 aliphatic heterocycles. The van der Waals surface area contributed by atoms with Crippen LogP contribution in [0.3, 0.4) is 0 Å². The molecule has 3 rings (SSSR count). The third kappa shape index (κ3) is 2.54. The Morgan fingerprint density at radius 3 is 2.48 bits per heavy atom. The second-order valence-corrected chi connectivity index (χ2v) is 6.52. The standard InChI is InChI=1S/C15H23FN2O3/c1-21-11-10-18-12(19)2-3-14(18)6-8-17(9-7-14)13(20)15(16)4-5-15/h2-11H2,1H3. The molecule has 0 unspecified atom stereocenters. The number of methoxy groups -OCH3 is 1. The van der Waals surface area contributed by atoms with Gasteiger partial charge in [0.05, 0.1) is 6.61 Å². The normalized spacial score (nSPS) is 26.5. The first-order chi connectivity index (χ1) is 10.0. The summed E-state index contributed by atoms with van der Waals surface area (Å²) in [6, 6.07) is 0. The lowest BCUT2D eigenvalue weighted by Crippen LogP contribution is -2.56. The highest BCUT2D eigenvalue weighted by molar-refractivity contribution is 5.88. The zero-order valence-electron chi connectivity index (χ0n) is 12.6. The molecule has 5 nitrogen and oxygen atoms in total. The summed E-state index contributed by atoms with van der Waals surface area (Å²) in [6.45, 7) is 2.25. The molecular weight excluding hydrogens is 275 g/mol. The SMILES string of the molecule is COCCN1C(=O)CCC12CCN(C(=O)C1(F)CC1)CC2. The molecule has 0 bridgehead atoms. The molecule has 21 heavy (non-hydrogen) atoms. The highest BCUT2D eigenvalue weighted by Gasteiger charge is 2.54. The monoisotopic (exact) mass is 298 g/mol. The van der Waals surface area contributed by atoms with Crippen LogP contribution in [0.2, 0.25) is 0 Å². The zero-order chi connectivity index (χ0) is 15.1. The number of piperidine rings is 1. The molecule has 1 saturated carbocycles. The van der Waals surface area contributed by atoms with Crippen molar-refractivity contribution in [3.8, 4) is 0 Å². The van der Waals surface area contributed by atoms with Crippen molar-refractivity contribution < 1.29 is 18.7 Å². The van der Waals surface area contributed by atoms with Gasteiger partial charge in [-0.2, -0.15) is 0 Å². The minimum Gasteiger partial charge on any atom is -0.383 e. The van der Waals surface area contributed by atoms with E-state index in [1.165, 1.54) is 0 Å². The molecule has 2 amide bonds. The van der Waals surface area contributed by atoms with E-state index in [2.05, 4.69) is 0 Å². The van der Waals surface area contributed by atoms with E-state index in [0.717, 1.165) is 19.3 Å². The maximum absolute atomic E-state index is 13.9. The first-order valence-corrected chi connectivity index (χ1v) is 7.78. The average molecular weight is 298 g/mol. The summed E-state index contributed by atoms with van der Waals surface area (Å²) in [4.78, 5) is 27.7. The first kappa shape index (κ1) is 14.8. The van der Waals surface area contributed by atoms with E-state index in [4.69, 9.17) is 4.74 Å². The Balaban J connectivity index is 1.63. The number of rotatable bonds is 4. The predicted molar refractivity (Wildman–Crippen MR) is 74.4 cm³/mol. The van der Waals surface area contributed by atoms with Crippen LogP contribution in [0.5, 0.6) is 0 Å². The number of ether oxygens (including phenoxy) is 1. The molecule has 1 aliphatic carbocycles. The van der Waals surface area contributed by atoms with Gasteiger partial charge in [0.2, 0.25) is 5.91 Å². The van der Waals surface area contributed by atoms with Gasteiger partial charge in [-0.05, 0) is 32.1 Å². The van der Waals surface area contributed by atoms with Gasteiger partial charge in [0.15, 0.2) is 5.67 Å². The van der Waals surface area contributed by atoms with Crippen molar-refractivity contribution in [1.82, 2.24) is 9.80 Å². The summed E-state index contributed by atoms with van der Waals surface area (Å²) in [5, 5.41) is 0. The Bertz CT molecular complexity index is 442. The van der Waals surface area contributed by atoms with Crippen LogP contribution in [-0.2, 0) is 14.3 Å². The Morgan fingerprint density at radius 1 is 1.24 bits per heavy atom. The second-order valence-electron chi connectivity index (χ2n) is 6.52. The minimum atomic E-state index is -1.58. The van der Waals surface area contributed by atoms with E-state index < -0.39 is 5.67 Å². The quantitative estimate of drug-likeness (QED) is 0.781. The van der Waals surface area contributed by atoms with E-state index in [-0.39, 0.29) is 17.4 Å². The summed E-state index contributed by atoms with van der Waals surface area (Å²) in [6.07, 6.45) is 3.66. The van der Waals surface area contributed by atoms with Crippen molar-refractivity contribution in [2.45, 2.75) is 49.7 Å². The van der Waals surface area contributed by atoms with E-state index in [1.807, 2.05) is 4.90 Å². The number of carbonyl (C=O) groups is 2. The molecule has 0 aromatic carbocycles. The zero-order valence-corrected chi connectivity index (χ0v) is 12.6. The maximum atomic E-state index is 13.9. The summed E-state index contributed by atoms with van der Waals surface area (Å²) in [5.74, 6) is -0.166. The van der Waals surface area contributed by atoms with Gasteiger partial charge in [-0.15, -0.1) is 0 Å². The van der Waals surface area contributed by atoms with Crippen molar-refractivity contribution >= 4 is 11.8 Å². The van der Waals surface area contributed by atoms with Crippen molar-refractivity contribution in [3.63, 3.8) is 0 Å². The van der Waals surface area contributed by atoms with Crippen LogP contribution >= 0.6 is 0 Å². The fraction of sp³-hybridized carbons (Fsp3) is 0.867. The number of alkyl halides is 1. The van der Waals surface area contributed by atoms with Crippen molar-refractivity contribution in [1.29, 1.82) is 0 Å². The number of nitrogens with zero attached hydrogens (tertiary/aromatic N) is 2. The summed E-state index contributed by atoms with van der Waals surface area (Å²) in [7, 11) is 1.63. The molecule has 3 aliphatic rings. The molecule has 2 heterocycles. The number of carbonyl (C=O) groups excluding carboxylic acids is 2. The Labute approximate surface area is 124 Å². The van der Waals surface area contributed by atoms with E-state index in [1.54, 1.807) is 12.0 Å². The summed E-state index contributed by atoms with van der Waals surface area (Å²) >= 11 is 0. The molecule has 0 aromatic rings. The van der Waals surface area contributed by atoms with Gasteiger partial charge in [-0.3, -0.25) is 9.59 Å². The van der Waals surface area contributed by atoms with Gasteiger partial charge in [0, 0.05) is 38.7 Å². The number of hydrogen-bond acceptors (Lipinski definition) is 3. The molecule has 3 fully saturated rings. The van der Waals surface area contributed by atoms with Crippen LogP contribution in [0.1, 0.15) is 38.5 Å². The average Bonchev–Trinajstić information content (AvgIpc) is 3.17. The van der Waals surface area contributed by atoms with Gasteiger partial charge in [-0.1, -0.05) is 0 Å². The van der Waals surface area contributed by atoms with Gasteiger partial charge >= 0.3 is 0 Å². The largest absolute Gasteiger partial charge is 0.383 e. The smallest absolute Gasteiger partial charge is 0.260 e. The lowest BCUT2D eigenvalue weighted by molar-refractivity contribution is -0.142. The number of likely N-dealkylation sites (tertiary alicyclic amines) is 2. The van der Waals surface area contributed by atoms with E-state index in [0.29, 0.717) is 45.5 Å². The molecule has 0 radical (unpaired) electrons. The number of halogens is 1. The summed E-state index contributed by atoms with van der Waals surface area (Å²) < 4.78 is 19.0. The summed E-state index contributed by atoms with van der Waals surface area (Å²) in [5.41, 5.74) is -1.72. The van der Waals surface area contributed by atoms with Crippen LogP contribution < -0.4 is 0 Å². The predicted octanol–water partition coefficient (Wildman–Crippen LogP) is 1.12. The van der Waals surface area contributed by atoms with Crippen molar-refractivity contribution in [2.24, 2.45) is 0 Å². The highest BCUT2D eigenvalue weighted by Crippen LogP contribution is 2.44. The van der Waals surface area contributed by atoms with Gasteiger partial charge in [0.1, 0.15) is 0 Å². The number of hydrogen-bond donors (Lipinski definition) is 0. The first-order valence-electron chi connectivity index (χ1n) is 7.78. The van der Waals surface area contributed by atoms with Crippen LogP contribution in [-0.4, -0.2) is 66.2 Å². The van der Waals surface area contributed by atoms with Crippen LogP contribution in [0.25, 0.3) is 0 Å². The van der Waals surface area contributed by atoms with Crippen molar-refractivity contribution in [2.75, 3.05) is 33.4 Å². The lowest BCUT2D eigenvalue weighted by atomic mass is 9.84. The minimum absolute atomic E-state index is 0.139. The fourth-order valence-electron chi connectivity index (χ4n) is 3.67. The molecule has 6 heteroatoms. The van der Waals surface area contributed by atoms with E-state index in [9.17, 15) is 14.0 Å². The highest BCUT2D eigenvalue weighted by atomic mass is 19.1. The Kier molecular flexibility index (Phi) is 3.67. The van der Waals surface area contributed by atoms with Gasteiger partial charge in [-0.25, -0.2) is 4.39 Å². The van der Waals surface area contributed by atoms with Crippen molar-refractivity contribution in [3.05, 3.63) is 0 Å². The Hall–Kier alpha value is -1.17. The van der Waals surface area contributed by atoms with Crippen LogP contribution in [0.4, 0.5) is 4.39 Å². The molecule has 1 spiro atoms.